The molecule has 0 atom stereocenters. The van der Waals surface area contributed by atoms with Crippen LogP contribution in [-0.4, -0.2) is 13.2 Å². The molecular formula is C14H22O2S. The lowest BCUT2D eigenvalue weighted by atomic mass is 9.87. The van der Waals surface area contributed by atoms with E-state index < -0.39 is 14.6 Å². The summed E-state index contributed by atoms with van der Waals surface area (Å²) in [5.41, 5.74) is 1.01. The molecule has 0 N–H and O–H groups in total. The number of rotatable bonds is 1. The van der Waals surface area contributed by atoms with E-state index in [1.807, 2.05) is 12.1 Å². The van der Waals surface area contributed by atoms with Gasteiger partial charge in [-0.1, -0.05) is 32.9 Å². The molecule has 1 aromatic carbocycles. The van der Waals surface area contributed by atoms with Crippen LogP contribution >= 0.6 is 0 Å². The van der Waals surface area contributed by atoms with Crippen molar-refractivity contribution in [1.82, 2.24) is 0 Å². The van der Waals surface area contributed by atoms with E-state index in [1.54, 1.807) is 32.9 Å². The van der Waals surface area contributed by atoms with E-state index in [2.05, 4.69) is 20.8 Å². The van der Waals surface area contributed by atoms with Gasteiger partial charge in [-0.3, -0.25) is 0 Å². The van der Waals surface area contributed by atoms with Gasteiger partial charge in [-0.05, 0) is 43.9 Å². The molecule has 0 aromatic heterocycles. The Bertz CT molecular complexity index is 500. The fraction of sp³-hybridized carbons (Fsp3) is 0.571. The lowest BCUT2D eigenvalue weighted by Gasteiger charge is -2.23. The third-order valence-electron chi connectivity index (χ3n) is 2.82. The molecule has 0 aliphatic heterocycles. The lowest BCUT2D eigenvalue weighted by molar-refractivity contribution is 0.558. The highest BCUT2D eigenvalue weighted by atomic mass is 32.2. The van der Waals surface area contributed by atoms with Gasteiger partial charge in [0.05, 0.1) is 9.64 Å². The monoisotopic (exact) mass is 254 g/mol. The van der Waals surface area contributed by atoms with Gasteiger partial charge < -0.3 is 0 Å². The van der Waals surface area contributed by atoms with Crippen LogP contribution in [0.15, 0.2) is 29.2 Å². The maximum atomic E-state index is 12.3. The summed E-state index contributed by atoms with van der Waals surface area (Å²) in [6.45, 7) is 11.4. The first-order valence-electron chi connectivity index (χ1n) is 5.81. The molecule has 0 fully saturated rings. The van der Waals surface area contributed by atoms with Crippen molar-refractivity contribution in [3.63, 3.8) is 0 Å². The topological polar surface area (TPSA) is 34.1 Å². The summed E-state index contributed by atoms with van der Waals surface area (Å²) in [5.74, 6) is 0. The van der Waals surface area contributed by atoms with Crippen molar-refractivity contribution in [2.45, 2.75) is 56.6 Å². The molecule has 96 valence electrons. The Hall–Kier alpha value is -0.830. The summed E-state index contributed by atoms with van der Waals surface area (Å²) in [6, 6.07) is 7.26. The largest absolute Gasteiger partial charge is 0.223 e. The molecular weight excluding hydrogens is 232 g/mol. The minimum atomic E-state index is -3.26. The molecule has 0 saturated carbocycles. The van der Waals surface area contributed by atoms with Crippen LogP contribution in [0.2, 0.25) is 0 Å². The van der Waals surface area contributed by atoms with Crippen LogP contribution in [0.4, 0.5) is 0 Å². The first-order valence-corrected chi connectivity index (χ1v) is 7.30. The van der Waals surface area contributed by atoms with Gasteiger partial charge in [0, 0.05) is 0 Å². The van der Waals surface area contributed by atoms with E-state index in [0.29, 0.717) is 4.90 Å². The highest BCUT2D eigenvalue weighted by molar-refractivity contribution is 7.92. The van der Waals surface area contributed by atoms with Gasteiger partial charge in [0.15, 0.2) is 9.84 Å². The van der Waals surface area contributed by atoms with E-state index >= 15 is 0 Å². The second kappa shape index (κ2) is 4.13. The molecule has 0 aliphatic rings. The zero-order valence-electron chi connectivity index (χ0n) is 11.5. The van der Waals surface area contributed by atoms with Gasteiger partial charge in [-0.25, -0.2) is 8.42 Å². The molecule has 2 nitrogen and oxygen atoms in total. The third kappa shape index (κ3) is 2.89. The summed E-state index contributed by atoms with van der Waals surface area (Å²) in [6.07, 6.45) is 0. The molecule has 1 rings (SSSR count). The summed E-state index contributed by atoms with van der Waals surface area (Å²) in [7, 11) is -3.26. The van der Waals surface area contributed by atoms with Gasteiger partial charge in [-0.15, -0.1) is 0 Å². The van der Waals surface area contributed by atoms with Crippen molar-refractivity contribution >= 4 is 9.84 Å². The average Bonchev–Trinajstić information content (AvgIpc) is 2.15. The molecule has 1 aromatic rings. The van der Waals surface area contributed by atoms with Gasteiger partial charge in [-0.2, -0.15) is 0 Å². The number of hydrogen-bond donors (Lipinski definition) is 0. The summed E-state index contributed by atoms with van der Waals surface area (Å²) in [4.78, 5) is 0.414. The molecule has 3 heteroatoms. The van der Waals surface area contributed by atoms with Crippen molar-refractivity contribution in [2.24, 2.45) is 0 Å². The van der Waals surface area contributed by atoms with Gasteiger partial charge >= 0.3 is 0 Å². The van der Waals surface area contributed by atoms with Crippen molar-refractivity contribution in [3.05, 3.63) is 29.8 Å². The quantitative estimate of drug-likeness (QED) is 0.768. The zero-order chi connectivity index (χ0) is 13.5. The van der Waals surface area contributed by atoms with Crippen LogP contribution in [-0.2, 0) is 15.3 Å². The van der Waals surface area contributed by atoms with Crippen LogP contribution in [0.1, 0.15) is 47.1 Å². The minimum absolute atomic E-state index is 0.0383. The van der Waals surface area contributed by atoms with E-state index in [9.17, 15) is 8.42 Å². The molecule has 0 saturated heterocycles. The predicted octanol–water partition coefficient (Wildman–Crippen LogP) is 3.56. The van der Waals surface area contributed by atoms with E-state index in [4.69, 9.17) is 0 Å². The molecule has 0 aliphatic carbocycles. The molecule has 0 radical (unpaired) electrons. The SMILES string of the molecule is CC(C)(C)c1cccc(S(=O)(=O)C(C)(C)C)c1. The maximum Gasteiger partial charge on any atom is 0.183 e. The molecule has 0 bridgehead atoms. The smallest absolute Gasteiger partial charge is 0.183 e. The Morgan fingerprint density at radius 1 is 0.941 bits per heavy atom. The molecule has 0 spiro atoms. The second-order valence-electron chi connectivity index (χ2n) is 6.39. The molecule has 17 heavy (non-hydrogen) atoms. The van der Waals surface area contributed by atoms with Crippen LogP contribution in [0.3, 0.4) is 0 Å². The molecule has 0 heterocycles. The Labute approximate surface area is 105 Å². The highest BCUT2D eigenvalue weighted by Gasteiger charge is 2.31. The fourth-order valence-corrected chi connectivity index (χ4v) is 2.73. The van der Waals surface area contributed by atoms with Crippen molar-refractivity contribution < 1.29 is 8.42 Å². The van der Waals surface area contributed by atoms with Gasteiger partial charge in [0.1, 0.15) is 0 Å². The maximum absolute atomic E-state index is 12.3. The number of hydrogen-bond acceptors (Lipinski definition) is 2. The van der Waals surface area contributed by atoms with Crippen molar-refractivity contribution in [1.29, 1.82) is 0 Å². The van der Waals surface area contributed by atoms with Gasteiger partial charge in [0.25, 0.3) is 0 Å². The van der Waals surface area contributed by atoms with Crippen molar-refractivity contribution in [3.8, 4) is 0 Å². The molecule has 0 amide bonds. The fourth-order valence-electron chi connectivity index (χ4n) is 1.48. The normalized spacial score (nSPS) is 13.8. The lowest BCUT2D eigenvalue weighted by Crippen LogP contribution is -2.28. The highest BCUT2D eigenvalue weighted by Crippen LogP contribution is 2.29. The van der Waals surface area contributed by atoms with E-state index in [-0.39, 0.29) is 5.41 Å². The van der Waals surface area contributed by atoms with Crippen molar-refractivity contribution in [2.75, 3.05) is 0 Å². The average molecular weight is 254 g/mol. The third-order valence-corrected chi connectivity index (χ3v) is 5.30. The Balaban J connectivity index is 3.37. The zero-order valence-corrected chi connectivity index (χ0v) is 12.4. The van der Waals surface area contributed by atoms with E-state index in [1.165, 1.54) is 0 Å². The van der Waals surface area contributed by atoms with Gasteiger partial charge in [0.2, 0.25) is 0 Å². The molecule has 0 unspecified atom stereocenters. The summed E-state index contributed by atoms with van der Waals surface area (Å²) in [5, 5.41) is 0. The summed E-state index contributed by atoms with van der Waals surface area (Å²) >= 11 is 0. The Morgan fingerprint density at radius 2 is 1.47 bits per heavy atom. The standard InChI is InChI=1S/C14H22O2S/c1-13(2,3)11-8-7-9-12(10-11)17(15,16)14(4,5)6/h7-10H,1-6H3. The van der Waals surface area contributed by atoms with E-state index in [0.717, 1.165) is 5.56 Å². The Morgan fingerprint density at radius 3 is 1.88 bits per heavy atom. The van der Waals surface area contributed by atoms with Crippen LogP contribution in [0.25, 0.3) is 0 Å². The second-order valence-corrected chi connectivity index (χ2v) is 9.10. The van der Waals surface area contributed by atoms with Crippen LogP contribution in [0, 0.1) is 0 Å². The minimum Gasteiger partial charge on any atom is -0.223 e. The first kappa shape index (κ1) is 14.2. The number of sulfone groups is 1. The van der Waals surface area contributed by atoms with Crippen LogP contribution in [0.5, 0.6) is 0 Å². The Kier molecular flexibility index (Phi) is 3.45. The van der Waals surface area contributed by atoms with Crippen LogP contribution < -0.4 is 0 Å². The first-order chi connectivity index (χ1) is 7.46. The summed E-state index contributed by atoms with van der Waals surface area (Å²) < 4.78 is 23.9. The number of benzene rings is 1. The predicted molar refractivity (Wildman–Crippen MR) is 72.1 cm³/mol.